The Kier molecular flexibility index (Phi) is 7.37. The van der Waals surface area contributed by atoms with E-state index in [-0.39, 0.29) is 35.5 Å². The van der Waals surface area contributed by atoms with Gasteiger partial charge in [-0.2, -0.15) is 0 Å². The molecule has 2 fully saturated rings. The second-order valence-corrected chi connectivity index (χ2v) is 10.9. The molecule has 7 nitrogen and oxygen atoms in total. The fraction of sp³-hybridized carbons (Fsp3) is 0.400. The first-order chi connectivity index (χ1) is 16.9. The van der Waals surface area contributed by atoms with Gasteiger partial charge in [0.2, 0.25) is 5.91 Å². The van der Waals surface area contributed by atoms with Crippen molar-refractivity contribution >= 4 is 52.6 Å². The molecule has 3 aliphatic rings. The number of Topliss-reactive ketones (excluding diaryl/α,β-unsaturated/α-hetero) is 1. The zero-order valence-corrected chi connectivity index (χ0v) is 21.3. The number of carbonyl (C=O) groups excluding carboxylic acids is 3. The highest BCUT2D eigenvalue weighted by Crippen LogP contribution is 2.36. The third-order valence-electron chi connectivity index (χ3n) is 6.61. The maximum Gasteiger partial charge on any atom is 0.315 e. The van der Waals surface area contributed by atoms with Gasteiger partial charge in [-0.3, -0.25) is 24.6 Å². The Balaban J connectivity index is 1.08. The highest BCUT2D eigenvalue weighted by molar-refractivity contribution is 7.99. The number of halogens is 2. The fourth-order valence-corrected chi connectivity index (χ4v) is 6.11. The summed E-state index contributed by atoms with van der Waals surface area (Å²) >= 11 is 13.9. The lowest BCUT2D eigenvalue weighted by Crippen LogP contribution is -2.53. The first-order valence-electron chi connectivity index (χ1n) is 11.6. The van der Waals surface area contributed by atoms with E-state index in [1.165, 1.54) is 0 Å². The van der Waals surface area contributed by atoms with E-state index in [1.807, 2.05) is 17.0 Å². The molecule has 35 heavy (non-hydrogen) atoms. The third kappa shape index (κ3) is 5.52. The molecule has 0 aliphatic carbocycles. The van der Waals surface area contributed by atoms with Crippen LogP contribution in [0.25, 0.3) is 0 Å². The van der Waals surface area contributed by atoms with Gasteiger partial charge in [-0.05, 0) is 23.8 Å². The number of nitrogens with one attached hydrogen (secondary N) is 1. The molecule has 3 heterocycles. The first kappa shape index (κ1) is 24.6. The predicted molar refractivity (Wildman–Crippen MR) is 136 cm³/mol. The number of piperazine rings is 1. The summed E-state index contributed by atoms with van der Waals surface area (Å²) in [5.74, 6) is 1.05. The van der Waals surface area contributed by atoms with Crippen molar-refractivity contribution in [2.24, 2.45) is 0 Å². The molecule has 184 valence electrons. The smallest absolute Gasteiger partial charge is 0.315 e. The molecule has 0 radical (unpaired) electrons. The van der Waals surface area contributed by atoms with Crippen molar-refractivity contribution < 1.29 is 19.1 Å². The lowest BCUT2D eigenvalue weighted by molar-refractivity contribution is -0.134. The van der Waals surface area contributed by atoms with Crippen LogP contribution >= 0.6 is 35.0 Å². The fourth-order valence-electron chi connectivity index (χ4n) is 4.58. The molecule has 5 rings (SSSR count). The van der Waals surface area contributed by atoms with Gasteiger partial charge in [-0.15, -0.1) is 11.8 Å². The monoisotopic (exact) mass is 533 g/mol. The minimum absolute atomic E-state index is 0.00811. The van der Waals surface area contributed by atoms with Gasteiger partial charge in [-0.1, -0.05) is 41.4 Å². The molecule has 0 saturated carbocycles. The van der Waals surface area contributed by atoms with Crippen molar-refractivity contribution in [3.63, 3.8) is 0 Å². The minimum atomic E-state index is -0.284. The Hall–Kier alpha value is -2.10. The summed E-state index contributed by atoms with van der Waals surface area (Å²) in [6.07, 6.45) is 0.644. The van der Waals surface area contributed by atoms with Gasteiger partial charge in [-0.25, -0.2) is 0 Å². The number of ether oxygens (including phenoxy) is 1. The lowest BCUT2D eigenvalue weighted by atomic mass is 10.0. The molecule has 1 amide bonds. The maximum atomic E-state index is 13.1. The van der Waals surface area contributed by atoms with Crippen molar-refractivity contribution in [3.8, 4) is 5.75 Å². The number of amides is 1. The van der Waals surface area contributed by atoms with Crippen molar-refractivity contribution in [2.75, 3.05) is 38.5 Å². The van der Waals surface area contributed by atoms with Crippen LogP contribution in [0, 0.1) is 0 Å². The van der Waals surface area contributed by atoms with E-state index in [2.05, 4.69) is 10.2 Å². The van der Waals surface area contributed by atoms with E-state index in [1.54, 1.807) is 36.0 Å². The summed E-state index contributed by atoms with van der Waals surface area (Å²) in [5.41, 5.74) is 2.40. The van der Waals surface area contributed by atoms with Crippen molar-refractivity contribution in [3.05, 3.63) is 63.1 Å². The van der Waals surface area contributed by atoms with E-state index in [0.29, 0.717) is 53.2 Å². The van der Waals surface area contributed by atoms with Crippen LogP contribution < -0.4 is 10.1 Å². The number of fused-ring (bicyclic) bond motifs is 1. The highest BCUT2D eigenvalue weighted by atomic mass is 35.5. The van der Waals surface area contributed by atoms with Gasteiger partial charge in [0.05, 0.1) is 27.9 Å². The Morgan fingerprint density at radius 1 is 1.06 bits per heavy atom. The van der Waals surface area contributed by atoms with E-state index < -0.39 is 0 Å². The standard InChI is InChI=1S/C25H25Cl2N3O4S/c26-18-4-3-17(11-19(18)27)24-28-20(14-35-24)25(33)30-9-7-29(8-10-30)6-5-21(31)15-1-2-16-13-23(32)34-22(16)12-15/h1-4,11-12,20,24,28H,5-10,13-14H2. The molecule has 0 bridgehead atoms. The molecule has 2 aromatic carbocycles. The summed E-state index contributed by atoms with van der Waals surface area (Å²) in [5, 5.41) is 4.46. The topological polar surface area (TPSA) is 79.0 Å². The first-order valence-corrected chi connectivity index (χ1v) is 13.4. The van der Waals surface area contributed by atoms with Crippen molar-refractivity contribution in [1.29, 1.82) is 0 Å². The number of nitrogens with zero attached hydrogens (tertiary/aromatic N) is 2. The average Bonchev–Trinajstić information content (AvgIpc) is 3.50. The average molecular weight is 534 g/mol. The second kappa shape index (κ2) is 10.5. The van der Waals surface area contributed by atoms with Gasteiger partial charge in [0.1, 0.15) is 5.75 Å². The van der Waals surface area contributed by atoms with Gasteiger partial charge in [0.15, 0.2) is 5.78 Å². The summed E-state index contributed by atoms with van der Waals surface area (Å²) in [4.78, 5) is 41.2. The molecule has 10 heteroatoms. The molecular weight excluding hydrogens is 509 g/mol. The van der Waals surface area contributed by atoms with E-state index >= 15 is 0 Å². The Morgan fingerprint density at radius 2 is 1.86 bits per heavy atom. The van der Waals surface area contributed by atoms with Crippen molar-refractivity contribution in [1.82, 2.24) is 15.1 Å². The SMILES string of the molecule is O=C1Cc2ccc(C(=O)CCN3CCN(C(=O)C4CSC(c5ccc(Cl)c(Cl)c5)N4)CC3)cc2O1. The summed E-state index contributed by atoms with van der Waals surface area (Å²) < 4.78 is 5.15. The van der Waals surface area contributed by atoms with E-state index in [9.17, 15) is 14.4 Å². The predicted octanol–water partition coefficient (Wildman–Crippen LogP) is 3.58. The number of hydrogen-bond acceptors (Lipinski definition) is 7. The van der Waals surface area contributed by atoms with Crippen LogP contribution in [-0.4, -0.2) is 72.0 Å². The summed E-state index contributed by atoms with van der Waals surface area (Å²) in [6, 6.07) is 10.5. The molecule has 2 unspecified atom stereocenters. The molecular formula is C25H25Cl2N3O4S. The Bertz CT molecular complexity index is 1170. The number of rotatable bonds is 6. The third-order valence-corrected chi connectivity index (χ3v) is 8.62. The number of thioether (sulfide) groups is 1. The quantitative estimate of drug-likeness (QED) is 0.345. The molecule has 2 saturated heterocycles. The van der Waals surface area contributed by atoms with Gasteiger partial charge in [0.25, 0.3) is 0 Å². The normalized spacial score (nSPS) is 22.2. The number of benzene rings is 2. The molecule has 3 aliphatic heterocycles. The molecule has 0 spiro atoms. The Labute approximate surface area is 218 Å². The van der Waals surface area contributed by atoms with Crippen LogP contribution in [0.4, 0.5) is 0 Å². The van der Waals surface area contributed by atoms with Crippen LogP contribution in [0.2, 0.25) is 10.0 Å². The highest BCUT2D eigenvalue weighted by Gasteiger charge is 2.34. The number of ketones is 1. The van der Waals surface area contributed by atoms with Crippen LogP contribution in [0.1, 0.15) is 33.3 Å². The zero-order valence-electron chi connectivity index (χ0n) is 19.0. The largest absolute Gasteiger partial charge is 0.426 e. The second-order valence-electron chi connectivity index (χ2n) is 8.92. The van der Waals surface area contributed by atoms with Crippen molar-refractivity contribution in [2.45, 2.75) is 24.3 Å². The van der Waals surface area contributed by atoms with Crippen LogP contribution in [-0.2, 0) is 16.0 Å². The maximum absolute atomic E-state index is 13.1. The van der Waals surface area contributed by atoms with Gasteiger partial charge in [0, 0.05) is 56.0 Å². The molecule has 1 N–H and O–H groups in total. The molecule has 2 atom stereocenters. The molecule has 2 aromatic rings. The number of esters is 1. The summed E-state index contributed by atoms with van der Waals surface area (Å²) in [7, 11) is 0. The minimum Gasteiger partial charge on any atom is -0.426 e. The lowest BCUT2D eigenvalue weighted by Gasteiger charge is -2.35. The van der Waals surface area contributed by atoms with Crippen LogP contribution in [0.5, 0.6) is 5.75 Å². The Morgan fingerprint density at radius 3 is 2.63 bits per heavy atom. The van der Waals surface area contributed by atoms with Gasteiger partial charge >= 0.3 is 5.97 Å². The van der Waals surface area contributed by atoms with Gasteiger partial charge < -0.3 is 9.64 Å². The van der Waals surface area contributed by atoms with Crippen LogP contribution in [0.15, 0.2) is 36.4 Å². The van der Waals surface area contributed by atoms with E-state index in [0.717, 1.165) is 24.2 Å². The summed E-state index contributed by atoms with van der Waals surface area (Å²) in [6.45, 7) is 3.38. The number of carbonyl (C=O) groups is 3. The molecule has 0 aromatic heterocycles. The zero-order chi connectivity index (χ0) is 24.5. The van der Waals surface area contributed by atoms with Crippen LogP contribution in [0.3, 0.4) is 0 Å². The number of hydrogen-bond donors (Lipinski definition) is 1. The van der Waals surface area contributed by atoms with E-state index in [4.69, 9.17) is 27.9 Å².